The summed E-state index contributed by atoms with van der Waals surface area (Å²) in [6, 6.07) is 6.55. The van der Waals surface area contributed by atoms with E-state index in [1.807, 2.05) is 0 Å². The lowest BCUT2D eigenvalue weighted by Crippen LogP contribution is -2.30. The molecule has 3 nitrogen and oxygen atoms in total. The Kier molecular flexibility index (Phi) is 5.13. The summed E-state index contributed by atoms with van der Waals surface area (Å²) < 4.78 is 53.2. The van der Waals surface area contributed by atoms with Crippen molar-refractivity contribution in [3.8, 4) is 0 Å². The van der Waals surface area contributed by atoms with Crippen LogP contribution in [0, 0.1) is 11.6 Å². The average molecular weight is 396 g/mol. The summed E-state index contributed by atoms with van der Waals surface area (Å²) >= 11 is 4.33. The highest BCUT2D eigenvalue weighted by atomic mass is 79.9. The minimum absolute atomic E-state index is 0.00838. The van der Waals surface area contributed by atoms with Gasteiger partial charge in [-0.1, -0.05) is 13.0 Å². The van der Waals surface area contributed by atoms with Crippen LogP contribution >= 0.6 is 27.3 Å². The number of hydrogen-bond donors (Lipinski definition) is 0. The fraction of sp³-hybridized carbons (Fsp3) is 0.231. The Morgan fingerprint density at radius 3 is 2.43 bits per heavy atom. The van der Waals surface area contributed by atoms with Crippen molar-refractivity contribution < 1.29 is 17.2 Å². The van der Waals surface area contributed by atoms with Gasteiger partial charge in [0.25, 0.3) is 10.0 Å². The molecule has 1 heterocycles. The Morgan fingerprint density at radius 1 is 1.19 bits per heavy atom. The maximum atomic E-state index is 13.2. The molecule has 1 aromatic carbocycles. The molecule has 0 fully saturated rings. The molecule has 21 heavy (non-hydrogen) atoms. The largest absolute Gasteiger partial charge is 0.252 e. The van der Waals surface area contributed by atoms with E-state index < -0.39 is 21.7 Å². The number of thiophene rings is 1. The van der Waals surface area contributed by atoms with Crippen molar-refractivity contribution in [3.63, 3.8) is 0 Å². The molecule has 0 saturated heterocycles. The van der Waals surface area contributed by atoms with Gasteiger partial charge in [0, 0.05) is 13.1 Å². The molecule has 0 spiro atoms. The maximum absolute atomic E-state index is 13.2. The molecule has 8 heteroatoms. The zero-order valence-electron chi connectivity index (χ0n) is 11.0. The maximum Gasteiger partial charge on any atom is 0.252 e. The Hall–Kier alpha value is -0.830. The molecule has 0 aliphatic carbocycles. The predicted octanol–water partition coefficient (Wildman–Crippen LogP) is 4.00. The SMILES string of the molecule is CCN(Cc1ccc(F)c(F)c1)S(=O)(=O)c1ccc(Br)s1. The summed E-state index contributed by atoms with van der Waals surface area (Å²) in [5, 5.41) is 0. The van der Waals surface area contributed by atoms with Crippen molar-refractivity contribution in [3.05, 3.63) is 51.3 Å². The van der Waals surface area contributed by atoms with Crippen molar-refractivity contribution in [1.29, 1.82) is 0 Å². The second-order valence-electron chi connectivity index (χ2n) is 4.24. The number of halogens is 3. The van der Waals surface area contributed by atoms with Crippen LogP contribution in [0.25, 0.3) is 0 Å². The van der Waals surface area contributed by atoms with E-state index in [1.165, 1.54) is 16.4 Å². The third-order valence-electron chi connectivity index (χ3n) is 2.84. The summed E-state index contributed by atoms with van der Waals surface area (Å²) in [6.07, 6.45) is 0. The van der Waals surface area contributed by atoms with Gasteiger partial charge in [0.1, 0.15) is 4.21 Å². The Bertz CT molecular complexity index is 746. The van der Waals surface area contributed by atoms with E-state index in [0.717, 1.165) is 23.5 Å². The highest BCUT2D eigenvalue weighted by molar-refractivity contribution is 9.11. The molecule has 114 valence electrons. The second kappa shape index (κ2) is 6.51. The molecule has 0 aliphatic rings. The van der Waals surface area contributed by atoms with Gasteiger partial charge in [-0.05, 0) is 45.8 Å². The molecule has 0 atom stereocenters. The minimum atomic E-state index is -3.65. The Balaban J connectivity index is 2.29. The molecule has 2 rings (SSSR count). The fourth-order valence-corrected chi connectivity index (χ4v) is 5.37. The monoisotopic (exact) mass is 395 g/mol. The quantitative estimate of drug-likeness (QED) is 0.766. The van der Waals surface area contributed by atoms with Gasteiger partial charge in [0.15, 0.2) is 11.6 Å². The van der Waals surface area contributed by atoms with Crippen molar-refractivity contribution in [1.82, 2.24) is 4.31 Å². The van der Waals surface area contributed by atoms with Crippen LogP contribution in [0.3, 0.4) is 0 Å². The Morgan fingerprint density at radius 2 is 1.90 bits per heavy atom. The van der Waals surface area contributed by atoms with E-state index in [-0.39, 0.29) is 17.3 Å². The molecule has 1 aromatic heterocycles. The van der Waals surface area contributed by atoms with Crippen LogP contribution in [0.2, 0.25) is 0 Å². The van der Waals surface area contributed by atoms with Crippen molar-refractivity contribution in [2.75, 3.05) is 6.54 Å². The normalized spacial score (nSPS) is 12.0. The summed E-state index contributed by atoms with van der Waals surface area (Å²) in [6.45, 7) is 1.92. The number of benzene rings is 1. The summed E-state index contributed by atoms with van der Waals surface area (Å²) in [5.41, 5.74) is 0.398. The first-order chi connectivity index (χ1) is 9.84. The molecule has 0 unspecified atom stereocenters. The van der Waals surface area contributed by atoms with Gasteiger partial charge in [-0.3, -0.25) is 0 Å². The predicted molar refractivity (Wildman–Crippen MR) is 81.6 cm³/mol. The molecule has 0 N–H and O–H groups in total. The van der Waals surface area contributed by atoms with Crippen LogP contribution in [0.15, 0.2) is 38.3 Å². The van der Waals surface area contributed by atoms with E-state index in [4.69, 9.17) is 0 Å². The van der Waals surface area contributed by atoms with Gasteiger partial charge in [-0.2, -0.15) is 4.31 Å². The van der Waals surface area contributed by atoms with Crippen LogP contribution in [0.1, 0.15) is 12.5 Å². The first-order valence-electron chi connectivity index (χ1n) is 6.04. The summed E-state index contributed by atoms with van der Waals surface area (Å²) in [7, 11) is -3.65. The van der Waals surface area contributed by atoms with Crippen LogP contribution in [-0.2, 0) is 16.6 Å². The van der Waals surface area contributed by atoms with Crippen LogP contribution in [-0.4, -0.2) is 19.3 Å². The van der Waals surface area contributed by atoms with Crippen molar-refractivity contribution in [2.45, 2.75) is 17.7 Å². The van der Waals surface area contributed by atoms with Gasteiger partial charge in [0.2, 0.25) is 0 Å². The highest BCUT2D eigenvalue weighted by Gasteiger charge is 2.25. The van der Waals surface area contributed by atoms with Gasteiger partial charge >= 0.3 is 0 Å². The van der Waals surface area contributed by atoms with E-state index in [0.29, 0.717) is 9.35 Å². The highest BCUT2D eigenvalue weighted by Crippen LogP contribution is 2.29. The first kappa shape index (κ1) is 16.5. The van der Waals surface area contributed by atoms with Crippen LogP contribution in [0.4, 0.5) is 8.78 Å². The lowest BCUT2D eigenvalue weighted by molar-refractivity contribution is 0.422. The van der Waals surface area contributed by atoms with E-state index in [1.54, 1.807) is 13.0 Å². The summed E-state index contributed by atoms with van der Waals surface area (Å²) in [5.74, 6) is -1.94. The van der Waals surface area contributed by atoms with E-state index >= 15 is 0 Å². The fourth-order valence-electron chi connectivity index (χ4n) is 1.77. The van der Waals surface area contributed by atoms with Crippen LogP contribution in [0.5, 0.6) is 0 Å². The number of hydrogen-bond acceptors (Lipinski definition) is 3. The standard InChI is InChI=1S/C13H12BrF2NO2S2/c1-2-17(8-9-3-4-10(15)11(16)7-9)21(18,19)13-6-5-12(14)20-13/h3-7H,2,8H2,1H3. The zero-order chi connectivity index (χ0) is 15.6. The van der Waals surface area contributed by atoms with E-state index in [2.05, 4.69) is 15.9 Å². The van der Waals surface area contributed by atoms with Crippen LogP contribution < -0.4 is 0 Å². The smallest absolute Gasteiger partial charge is 0.206 e. The lowest BCUT2D eigenvalue weighted by Gasteiger charge is -2.19. The average Bonchev–Trinajstić information content (AvgIpc) is 2.87. The van der Waals surface area contributed by atoms with Gasteiger partial charge in [0.05, 0.1) is 3.79 Å². The minimum Gasteiger partial charge on any atom is -0.206 e. The first-order valence-corrected chi connectivity index (χ1v) is 9.09. The van der Waals surface area contributed by atoms with Gasteiger partial charge in [-0.25, -0.2) is 17.2 Å². The number of rotatable bonds is 5. The zero-order valence-corrected chi connectivity index (χ0v) is 14.2. The summed E-state index contributed by atoms with van der Waals surface area (Å²) in [4.78, 5) is 0. The molecule has 0 bridgehead atoms. The van der Waals surface area contributed by atoms with Crippen molar-refractivity contribution >= 4 is 37.3 Å². The third kappa shape index (κ3) is 3.68. The molecule has 2 aromatic rings. The number of sulfonamides is 1. The van der Waals surface area contributed by atoms with E-state index in [9.17, 15) is 17.2 Å². The molecular formula is C13H12BrF2NO2S2. The topological polar surface area (TPSA) is 37.4 Å². The molecular weight excluding hydrogens is 384 g/mol. The van der Waals surface area contributed by atoms with Crippen molar-refractivity contribution in [2.24, 2.45) is 0 Å². The number of nitrogens with zero attached hydrogens (tertiary/aromatic N) is 1. The molecule has 0 radical (unpaired) electrons. The lowest BCUT2D eigenvalue weighted by atomic mass is 10.2. The molecule has 0 aliphatic heterocycles. The van der Waals surface area contributed by atoms with Gasteiger partial charge < -0.3 is 0 Å². The molecule has 0 saturated carbocycles. The van der Waals surface area contributed by atoms with Gasteiger partial charge in [-0.15, -0.1) is 11.3 Å². The second-order valence-corrected chi connectivity index (χ2v) is 8.87. The third-order valence-corrected chi connectivity index (χ3v) is 6.85. The Labute approximate surface area is 134 Å². The molecule has 0 amide bonds.